The predicted octanol–water partition coefficient (Wildman–Crippen LogP) is 1.83. The predicted molar refractivity (Wildman–Crippen MR) is 110 cm³/mol. The monoisotopic (exact) mass is 431 g/mol. The fraction of sp³-hybridized carbons (Fsp3) is 0.571. The third-order valence-corrected chi connectivity index (χ3v) is 5.31. The Morgan fingerprint density at radius 1 is 1.10 bits per heavy atom. The molecule has 0 spiro atoms. The largest absolute Gasteiger partial charge is 0.459 e. The van der Waals surface area contributed by atoms with Crippen molar-refractivity contribution in [1.29, 1.82) is 0 Å². The second kappa shape index (κ2) is 10.7. The first kappa shape index (κ1) is 22.5. The molecule has 1 saturated carbocycles. The van der Waals surface area contributed by atoms with E-state index in [-0.39, 0.29) is 36.4 Å². The number of amides is 3. The molecule has 1 fully saturated rings. The normalized spacial score (nSPS) is 15.6. The first-order valence-corrected chi connectivity index (χ1v) is 10.7. The fourth-order valence-corrected chi connectivity index (χ4v) is 3.81. The Balaban J connectivity index is 1.45. The van der Waals surface area contributed by atoms with Crippen LogP contribution in [0.2, 0.25) is 0 Å². The van der Waals surface area contributed by atoms with Gasteiger partial charge in [-0.3, -0.25) is 14.4 Å². The summed E-state index contributed by atoms with van der Waals surface area (Å²) in [4.78, 5) is 40.1. The zero-order chi connectivity index (χ0) is 22.1. The van der Waals surface area contributed by atoms with Gasteiger partial charge in [0.1, 0.15) is 5.54 Å². The average molecular weight is 431 g/mol. The summed E-state index contributed by atoms with van der Waals surface area (Å²) in [6.45, 7) is 2.08. The van der Waals surface area contributed by atoms with Crippen LogP contribution in [0.3, 0.4) is 0 Å². The molecule has 3 N–H and O–H groups in total. The molecule has 0 bridgehead atoms. The highest BCUT2D eigenvalue weighted by Gasteiger charge is 2.38. The maximum absolute atomic E-state index is 12.1. The Bertz CT molecular complexity index is 869. The Kier molecular flexibility index (Phi) is 7.80. The van der Waals surface area contributed by atoms with Crippen molar-refractivity contribution in [2.45, 2.75) is 63.8 Å². The van der Waals surface area contributed by atoms with Gasteiger partial charge in [0.15, 0.2) is 11.6 Å². The summed E-state index contributed by atoms with van der Waals surface area (Å²) in [6.07, 6.45) is 7.67. The number of carbonyl (C=O) groups excluding carboxylic acids is 3. The number of aromatic nitrogens is 2. The highest BCUT2D eigenvalue weighted by Crippen LogP contribution is 2.34. The van der Waals surface area contributed by atoms with Crippen molar-refractivity contribution in [2.24, 2.45) is 0 Å². The Hall–Kier alpha value is -3.17. The second-order valence-corrected chi connectivity index (χ2v) is 7.77. The molecule has 10 nitrogen and oxygen atoms in total. The van der Waals surface area contributed by atoms with E-state index in [0.717, 1.165) is 38.5 Å². The van der Waals surface area contributed by atoms with Crippen LogP contribution in [0.15, 0.2) is 27.3 Å². The van der Waals surface area contributed by atoms with E-state index in [1.54, 1.807) is 12.1 Å². The summed E-state index contributed by atoms with van der Waals surface area (Å²) >= 11 is 0. The molecule has 2 aromatic rings. The van der Waals surface area contributed by atoms with Gasteiger partial charge < -0.3 is 24.9 Å². The number of hydrogen-bond acceptors (Lipinski definition) is 7. The second-order valence-electron chi connectivity index (χ2n) is 7.77. The van der Waals surface area contributed by atoms with E-state index < -0.39 is 5.54 Å². The van der Waals surface area contributed by atoms with Gasteiger partial charge in [-0.25, -0.2) is 0 Å². The molecule has 0 atom stereocenters. The van der Waals surface area contributed by atoms with Crippen LogP contribution >= 0.6 is 0 Å². The number of nitrogens with one attached hydrogen (secondary N) is 3. The SMILES string of the molecule is CC(=O)NC1(c2noc(CCC(=O)NCCNC(=O)c3ccco3)n2)CCCCCC1. The molecule has 31 heavy (non-hydrogen) atoms. The van der Waals surface area contributed by atoms with Crippen LogP contribution in [-0.4, -0.2) is 41.0 Å². The lowest BCUT2D eigenvalue weighted by Gasteiger charge is -2.30. The van der Waals surface area contributed by atoms with Gasteiger partial charge >= 0.3 is 0 Å². The molecule has 0 aromatic carbocycles. The third-order valence-electron chi connectivity index (χ3n) is 5.31. The minimum Gasteiger partial charge on any atom is -0.459 e. The van der Waals surface area contributed by atoms with Crippen LogP contribution in [-0.2, 0) is 21.5 Å². The third kappa shape index (κ3) is 6.40. The number of nitrogens with zero attached hydrogens (tertiary/aromatic N) is 2. The molecule has 0 radical (unpaired) electrons. The highest BCUT2D eigenvalue weighted by atomic mass is 16.5. The molecule has 1 aliphatic rings. The number of carbonyl (C=O) groups is 3. The molecule has 2 aromatic heterocycles. The van der Waals surface area contributed by atoms with Crippen molar-refractivity contribution in [3.05, 3.63) is 35.9 Å². The molecule has 2 heterocycles. The van der Waals surface area contributed by atoms with Gasteiger partial charge in [-0.15, -0.1) is 0 Å². The average Bonchev–Trinajstić information content (AvgIpc) is 3.39. The van der Waals surface area contributed by atoms with Crippen LogP contribution in [0.4, 0.5) is 0 Å². The van der Waals surface area contributed by atoms with Gasteiger partial charge in [0, 0.05) is 32.9 Å². The summed E-state index contributed by atoms with van der Waals surface area (Å²) in [7, 11) is 0. The van der Waals surface area contributed by atoms with Crippen LogP contribution in [0.25, 0.3) is 0 Å². The van der Waals surface area contributed by atoms with Gasteiger partial charge in [-0.1, -0.05) is 30.8 Å². The first-order valence-electron chi connectivity index (χ1n) is 10.7. The van der Waals surface area contributed by atoms with Crippen LogP contribution in [0.5, 0.6) is 0 Å². The summed E-state index contributed by atoms with van der Waals surface area (Å²) < 4.78 is 10.4. The Labute approximate surface area is 180 Å². The first-order chi connectivity index (χ1) is 15.0. The van der Waals surface area contributed by atoms with Crippen LogP contribution in [0, 0.1) is 0 Å². The molecular formula is C21H29N5O5. The molecular weight excluding hydrogens is 402 g/mol. The zero-order valence-corrected chi connectivity index (χ0v) is 17.7. The minimum atomic E-state index is -0.599. The lowest BCUT2D eigenvalue weighted by atomic mass is 9.89. The van der Waals surface area contributed by atoms with E-state index in [9.17, 15) is 14.4 Å². The van der Waals surface area contributed by atoms with E-state index >= 15 is 0 Å². The van der Waals surface area contributed by atoms with Gasteiger partial charge in [0.05, 0.1) is 6.26 Å². The quantitative estimate of drug-likeness (QED) is 0.406. The van der Waals surface area contributed by atoms with E-state index in [4.69, 9.17) is 8.94 Å². The molecule has 3 amide bonds. The number of aryl methyl sites for hydroxylation is 1. The number of hydrogen-bond donors (Lipinski definition) is 3. The Morgan fingerprint density at radius 3 is 2.52 bits per heavy atom. The molecule has 0 unspecified atom stereocenters. The molecule has 10 heteroatoms. The smallest absolute Gasteiger partial charge is 0.287 e. The number of rotatable bonds is 9. The molecule has 0 aliphatic heterocycles. The van der Waals surface area contributed by atoms with Crippen molar-refractivity contribution >= 4 is 17.7 Å². The van der Waals surface area contributed by atoms with E-state index in [0.29, 0.717) is 24.7 Å². The molecule has 168 valence electrons. The van der Waals surface area contributed by atoms with Crippen molar-refractivity contribution in [3.63, 3.8) is 0 Å². The molecule has 0 saturated heterocycles. The van der Waals surface area contributed by atoms with Crippen molar-refractivity contribution in [3.8, 4) is 0 Å². The number of furan rings is 1. The standard InChI is InChI=1S/C21H29N5O5/c1-15(27)25-21(10-4-2-3-5-11-21)20-24-18(31-26-20)9-8-17(28)22-12-13-23-19(29)16-7-6-14-30-16/h6-7,14H,2-5,8-13H2,1H3,(H,22,28)(H,23,29)(H,25,27). The Morgan fingerprint density at radius 2 is 1.84 bits per heavy atom. The van der Waals surface area contributed by atoms with Crippen molar-refractivity contribution in [1.82, 2.24) is 26.1 Å². The summed E-state index contributed by atoms with van der Waals surface area (Å²) in [6, 6.07) is 3.20. The van der Waals surface area contributed by atoms with E-state index in [2.05, 4.69) is 26.1 Å². The van der Waals surface area contributed by atoms with Gasteiger partial charge in [0.2, 0.25) is 17.7 Å². The zero-order valence-electron chi connectivity index (χ0n) is 17.7. The van der Waals surface area contributed by atoms with Crippen molar-refractivity contribution in [2.75, 3.05) is 13.1 Å². The van der Waals surface area contributed by atoms with Crippen LogP contribution < -0.4 is 16.0 Å². The topological polar surface area (TPSA) is 139 Å². The highest BCUT2D eigenvalue weighted by molar-refractivity contribution is 5.91. The van der Waals surface area contributed by atoms with E-state index in [1.165, 1.54) is 13.2 Å². The fourth-order valence-electron chi connectivity index (χ4n) is 3.81. The summed E-state index contributed by atoms with van der Waals surface area (Å²) in [5.41, 5.74) is -0.599. The maximum atomic E-state index is 12.1. The minimum absolute atomic E-state index is 0.119. The maximum Gasteiger partial charge on any atom is 0.287 e. The van der Waals surface area contributed by atoms with Gasteiger partial charge in [-0.05, 0) is 25.0 Å². The van der Waals surface area contributed by atoms with E-state index in [1.807, 2.05) is 0 Å². The van der Waals surface area contributed by atoms with Crippen LogP contribution in [0.1, 0.15) is 74.1 Å². The lowest BCUT2D eigenvalue weighted by molar-refractivity contribution is -0.122. The van der Waals surface area contributed by atoms with Gasteiger partial charge in [-0.2, -0.15) is 4.98 Å². The molecule has 3 rings (SSSR count). The van der Waals surface area contributed by atoms with Crippen molar-refractivity contribution < 1.29 is 23.3 Å². The lowest BCUT2D eigenvalue weighted by Crippen LogP contribution is -2.45. The summed E-state index contributed by atoms with van der Waals surface area (Å²) in [5, 5.41) is 12.5. The molecule has 1 aliphatic carbocycles. The summed E-state index contributed by atoms with van der Waals surface area (Å²) in [5.74, 6) is 0.448. The van der Waals surface area contributed by atoms with Gasteiger partial charge in [0.25, 0.3) is 5.91 Å².